The van der Waals surface area contributed by atoms with Crippen LogP contribution in [0.4, 0.5) is 5.69 Å². The van der Waals surface area contributed by atoms with Crippen LogP contribution in [-0.2, 0) is 6.54 Å². The van der Waals surface area contributed by atoms with Crippen LogP contribution < -0.4 is 11.1 Å². The minimum absolute atomic E-state index is 0.236. The van der Waals surface area contributed by atoms with Crippen LogP contribution in [0.3, 0.4) is 0 Å². The summed E-state index contributed by atoms with van der Waals surface area (Å²) >= 11 is 3.29. The first-order valence-electron chi connectivity index (χ1n) is 6.13. The molecule has 1 amide bonds. The molecule has 0 unspecified atom stereocenters. The van der Waals surface area contributed by atoms with E-state index in [4.69, 9.17) is 10.8 Å². The van der Waals surface area contributed by atoms with E-state index in [9.17, 15) is 9.59 Å². The summed E-state index contributed by atoms with van der Waals surface area (Å²) in [6.07, 6.45) is 0. The first-order chi connectivity index (χ1) is 9.97. The van der Waals surface area contributed by atoms with Gasteiger partial charge in [-0.3, -0.25) is 4.79 Å². The molecule has 5 nitrogen and oxygen atoms in total. The minimum Gasteiger partial charge on any atom is -0.478 e. The number of anilines is 1. The van der Waals surface area contributed by atoms with Crippen molar-refractivity contribution >= 4 is 33.5 Å². The van der Waals surface area contributed by atoms with E-state index in [0.717, 1.165) is 10.0 Å². The highest BCUT2D eigenvalue weighted by molar-refractivity contribution is 9.10. The third-order valence-corrected chi connectivity index (χ3v) is 3.42. The topological polar surface area (TPSA) is 92.4 Å². The normalized spacial score (nSPS) is 10.1. The van der Waals surface area contributed by atoms with Gasteiger partial charge in [-0.1, -0.05) is 28.1 Å². The standard InChI is InChI=1S/C15H13BrN2O3/c16-11-5-6-13(12(7-11)14(17)19)18-8-9-1-3-10(4-2-9)15(20)21/h1-7,18H,8H2,(H2,17,19)(H,20,21). The van der Waals surface area contributed by atoms with E-state index in [-0.39, 0.29) is 5.56 Å². The molecule has 0 aromatic heterocycles. The van der Waals surface area contributed by atoms with Crippen molar-refractivity contribution in [2.75, 3.05) is 5.32 Å². The lowest BCUT2D eigenvalue weighted by atomic mass is 10.1. The van der Waals surface area contributed by atoms with E-state index in [2.05, 4.69) is 21.2 Å². The SMILES string of the molecule is NC(=O)c1cc(Br)ccc1NCc1ccc(C(=O)O)cc1. The lowest BCUT2D eigenvalue weighted by Gasteiger charge is -2.11. The number of amides is 1. The maximum absolute atomic E-state index is 11.4. The summed E-state index contributed by atoms with van der Waals surface area (Å²) in [5.74, 6) is -1.47. The molecule has 4 N–H and O–H groups in total. The molecule has 0 saturated carbocycles. The summed E-state index contributed by atoms with van der Waals surface area (Å²) in [7, 11) is 0. The van der Waals surface area contributed by atoms with Crippen LogP contribution in [0.5, 0.6) is 0 Å². The van der Waals surface area contributed by atoms with Gasteiger partial charge in [-0.25, -0.2) is 4.79 Å². The Morgan fingerprint density at radius 3 is 2.38 bits per heavy atom. The highest BCUT2D eigenvalue weighted by atomic mass is 79.9. The number of benzene rings is 2. The molecule has 6 heteroatoms. The molecular weight excluding hydrogens is 336 g/mol. The fraction of sp³-hybridized carbons (Fsp3) is 0.0667. The molecular formula is C15H13BrN2O3. The van der Waals surface area contributed by atoms with Crippen molar-refractivity contribution in [1.82, 2.24) is 0 Å². The Kier molecular flexibility index (Phi) is 4.59. The Labute approximate surface area is 129 Å². The zero-order valence-electron chi connectivity index (χ0n) is 11.0. The van der Waals surface area contributed by atoms with Crippen LogP contribution in [0.25, 0.3) is 0 Å². The number of carbonyl (C=O) groups is 2. The molecule has 0 aliphatic carbocycles. The van der Waals surface area contributed by atoms with Gasteiger partial charge in [0.25, 0.3) is 5.91 Å². The molecule has 21 heavy (non-hydrogen) atoms. The summed E-state index contributed by atoms with van der Waals surface area (Å²) in [5, 5.41) is 12.0. The number of primary amides is 1. The second-order valence-electron chi connectivity index (χ2n) is 4.41. The average molecular weight is 349 g/mol. The van der Waals surface area contributed by atoms with Gasteiger partial charge in [-0.05, 0) is 35.9 Å². The number of nitrogens with two attached hydrogens (primary N) is 1. The molecule has 108 valence electrons. The van der Waals surface area contributed by atoms with Crippen molar-refractivity contribution in [3.8, 4) is 0 Å². The van der Waals surface area contributed by atoms with E-state index in [0.29, 0.717) is 17.8 Å². The minimum atomic E-state index is -0.960. The number of aromatic carboxylic acids is 1. The fourth-order valence-corrected chi connectivity index (χ4v) is 2.20. The van der Waals surface area contributed by atoms with Gasteiger partial charge in [0.15, 0.2) is 0 Å². The monoisotopic (exact) mass is 348 g/mol. The van der Waals surface area contributed by atoms with Crippen LogP contribution in [0.2, 0.25) is 0 Å². The van der Waals surface area contributed by atoms with Crippen molar-refractivity contribution in [2.24, 2.45) is 5.73 Å². The molecule has 2 aromatic rings. The van der Waals surface area contributed by atoms with Gasteiger partial charge in [0.2, 0.25) is 0 Å². The molecule has 0 fully saturated rings. The maximum Gasteiger partial charge on any atom is 0.335 e. The van der Waals surface area contributed by atoms with Crippen molar-refractivity contribution < 1.29 is 14.7 Å². The van der Waals surface area contributed by atoms with Gasteiger partial charge in [0.05, 0.1) is 11.1 Å². The van der Waals surface area contributed by atoms with Crippen molar-refractivity contribution in [3.05, 3.63) is 63.6 Å². The largest absolute Gasteiger partial charge is 0.478 e. The molecule has 0 spiro atoms. The third-order valence-electron chi connectivity index (χ3n) is 2.93. The predicted molar refractivity (Wildman–Crippen MR) is 83.4 cm³/mol. The number of carboxylic acid groups (broad SMARTS) is 1. The van der Waals surface area contributed by atoms with Crippen LogP contribution in [0.15, 0.2) is 46.9 Å². The van der Waals surface area contributed by atoms with E-state index in [1.165, 1.54) is 12.1 Å². The summed E-state index contributed by atoms with van der Waals surface area (Å²) in [6.45, 7) is 0.460. The Morgan fingerprint density at radius 2 is 1.81 bits per heavy atom. The number of rotatable bonds is 5. The zero-order valence-corrected chi connectivity index (χ0v) is 12.6. The molecule has 0 radical (unpaired) electrons. The van der Waals surface area contributed by atoms with Crippen molar-refractivity contribution in [2.45, 2.75) is 6.54 Å². The highest BCUT2D eigenvalue weighted by Crippen LogP contribution is 2.21. The lowest BCUT2D eigenvalue weighted by molar-refractivity contribution is 0.0696. The molecule has 0 aliphatic heterocycles. The van der Waals surface area contributed by atoms with E-state index < -0.39 is 11.9 Å². The average Bonchev–Trinajstić information content (AvgIpc) is 2.46. The Balaban J connectivity index is 2.13. The van der Waals surface area contributed by atoms with Gasteiger partial charge in [-0.15, -0.1) is 0 Å². The Morgan fingerprint density at radius 1 is 1.14 bits per heavy atom. The second-order valence-corrected chi connectivity index (χ2v) is 5.33. The second kappa shape index (κ2) is 6.41. The fourth-order valence-electron chi connectivity index (χ4n) is 1.84. The van der Waals surface area contributed by atoms with E-state index in [1.54, 1.807) is 24.3 Å². The van der Waals surface area contributed by atoms with Crippen LogP contribution in [0, 0.1) is 0 Å². The quantitative estimate of drug-likeness (QED) is 0.774. The molecule has 2 rings (SSSR count). The Bertz CT molecular complexity index is 684. The number of carbonyl (C=O) groups excluding carboxylic acids is 1. The van der Waals surface area contributed by atoms with Crippen LogP contribution >= 0.6 is 15.9 Å². The number of carboxylic acids is 1. The zero-order chi connectivity index (χ0) is 15.4. The number of hydrogen-bond donors (Lipinski definition) is 3. The summed E-state index contributed by atoms with van der Waals surface area (Å²) in [4.78, 5) is 22.2. The van der Waals surface area contributed by atoms with E-state index >= 15 is 0 Å². The third kappa shape index (κ3) is 3.82. The summed E-state index contributed by atoms with van der Waals surface area (Å²) in [5.41, 5.74) is 7.51. The molecule has 0 heterocycles. The lowest BCUT2D eigenvalue weighted by Crippen LogP contribution is -2.14. The van der Waals surface area contributed by atoms with Gasteiger partial charge < -0.3 is 16.2 Å². The predicted octanol–water partition coefficient (Wildman–Crippen LogP) is 2.86. The molecule has 2 aromatic carbocycles. The van der Waals surface area contributed by atoms with E-state index in [1.807, 2.05) is 6.07 Å². The number of halogens is 1. The highest BCUT2D eigenvalue weighted by Gasteiger charge is 2.09. The van der Waals surface area contributed by atoms with Gasteiger partial charge >= 0.3 is 5.97 Å². The maximum atomic E-state index is 11.4. The first kappa shape index (κ1) is 15.1. The first-order valence-corrected chi connectivity index (χ1v) is 6.92. The molecule has 0 bridgehead atoms. The summed E-state index contributed by atoms with van der Waals surface area (Å²) < 4.78 is 0.771. The molecule has 0 aliphatic rings. The van der Waals surface area contributed by atoms with Gasteiger partial charge in [-0.2, -0.15) is 0 Å². The summed E-state index contributed by atoms with van der Waals surface area (Å²) in [6, 6.07) is 11.7. The Hall–Kier alpha value is -2.34. The van der Waals surface area contributed by atoms with Crippen molar-refractivity contribution in [1.29, 1.82) is 0 Å². The molecule has 0 saturated heterocycles. The number of hydrogen-bond acceptors (Lipinski definition) is 3. The number of nitrogens with one attached hydrogen (secondary N) is 1. The van der Waals surface area contributed by atoms with Crippen LogP contribution in [-0.4, -0.2) is 17.0 Å². The van der Waals surface area contributed by atoms with Gasteiger partial charge in [0.1, 0.15) is 0 Å². The van der Waals surface area contributed by atoms with Gasteiger partial charge in [0, 0.05) is 16.7 Å². The molecule has 0 atom stereocenters. The smallest absolute Gasteiger partial charge is 0.335 e. The van der Waals surface area contributed by atoms with Crippen LogP contribution in [0.1, 0.15) is 26.3 Å². The van der Waals surface area contributed by atoms with Crippen molar-refractivity contribution in [3.63, 3.8) is 0 Å².